The van der Waals surface area contributed by atoms with Crippen LogP contribution in [0.3, 0.4) is 0 Å². The molecule has 0 saturated carbocycles. The Morgan fingerprint density at radius 2 is 1.69 bits per heavy atom. The summed E-state index contributed by atoms with van der Waals surface area (Å²) in [6.45, 7) is 0.414. The first-order chi connectivity index (χ1) is 6.20. The average molecular weight is 186 g/mol. The van der Waals surface area contributed by atoms with Crippen LogP contribution in [-0.4, -0.2) is 39.4 Å². The van der Waals surface area contributed by atoms with Crippen molar-refractivity contribution in [2.75, 3.05) is 27.4 Å². The molecule has 0 unspecified atom stereocenters. The number of methoxy groups -OCH3 is 2. The van der Waals surface area contributed by atoms with Crippen LogP contribution in [0.1, 0.15) is 0 Å². The van der Waals surface area contributed by atoms with Crippen molar-refractivity contribution in [3.05, 3.63) is 0 Å². The minimum absolute atomic E-state index is 0.116. The van der Waals surface area contributed by atoms with E-state index in [-0.39, 0.29) is 6.61 Å². The number of carbonyl (C=O) groups is 2. The Hall–Kier alpha value is -1.54. The van der Waals surface area contributed by atoms with Gasteiger partial charge in [-0.25, -0.2) is 9.59 Å². The minimum Gasteiger partial charge on any atom is -0.459 e. The van der Waals surface area contributed by atoms with Gasteiger partial charge in [-0.3, -0.25) is 0 Å². The largest absolute Gasteiger partial charge is 0.459 e. The SMILES string of the molecule is COCCOC(=O)C#CC(=O)OC. The van der Waals surface area contributed by atoms with E-state index in [1.165, 1.54) is 14.2 Å². The lowest BCUT2D eigenvalue weighted by Gasteiger charge is -1.97. The highest BCUT2D eigenvalue weighted by atomic mass is 16.6. The Bertz CT molecular complexity index is 235. The zero-order valence-corrected chi connectivity index (χ0v) is 7.46. The lowest BCUT2D eigenvalue weighted by atomic mass is 10.6. The maximum absolute atomic E-state index is 10.7. The quantitative estimate of drug-likeness (QED) is 0.254. The first kappa shape index (κ1) is 11.5. The highest BCUT2D eigenvalue weighted by Gasteiger charge is 1.97. The van der Waals surface area contributed by atoms with Gasteiger partial charge in [0.2, 0.25) is 0 Å². The maximum atomic E-state index is 10.7. The summed E-state index contributed by atoms with van der Waals surface area (Å²) in [4.78, 5) is 21.1. The molecule has 0 aliphatic rings. The average Bonchev–Trinajstić information content (AvgIpc) is 2.14. The van der Waals surface area contributed by atoms with Crippen molar-refractivity contribution in [1.29, 1.82) is 0 Å². The van der Waals surface area contributed by atoms with E-state index in [1.807, 2.05) is 11.8 Å². The van der Waals surface area contributed by atoms with E-state index in [0.29, 0.717) is 6.61 Å². The number of rotatable bonds is 3. The highest BCUT2D eigenvalue weighted by molar-refractivity contribution is 5.98. The molecular formula is C8H10O5. The van der Waals surface area contributed by atoms with Gasteiger partial charge in [0.1, 0.15) is 6.61 Å². The molecule has 0 radical (unpaired) electrons. The van der Waals surface area contributed by atoms with Gasteiger partial charge in [-0.15, -0.1) is 0 Å². The van der Waals surface area contributed by atoms with E-state index in [1.54, 1.807) is 0 Å². The van der Waals surface area contributed by atoms with E-state index >= 15 is 0 Å². The molecule has 0 fully saturated rings. The fourth-order valence-electron chi connectivity index (χ4n) is 0.407. The number of hydrogen-bond acceptors (Lipinski definition) is 5. The highest BCUT2D eigenvalue weighted by Crippen LogP contribution is 1.77. The van der Waals surface area contributed by atoms with E-state index < -0.39 is 11.9 Å². The smallest absolute Gasteiger partial charge is 0.385 e. The normalized spacial score (nSPS) is 8.15. The number of hydrogen-bond donors (Lipinski definition) is 0. The Morgan fingerprint density at radius 3 is 2.23 bits per heavy atom. The summed E-state index contributed by atoms with van der Waals surface area (Å²) in [5, 5.41) is 0. The first-order valence-corrected chi connectivity index (χ1v) is 3.46. The van der Waals surface area contributed by atoms with Gasteiger partial charge in [-0.2, -0.15) is 0 Å². The molecule has 0 N–H and O–H groups in total. The molecule has 0 rings (SSSR count). The molecule has 5 nitrogen and oxygen atoms in total. The van der Waals surface area contributed by atoms with Crippen molar-refractivity contribution >= 4 is 11.9 Å². The molecule has 0 aromatic heterocycles. The molecular weight excluding hydrogens is 176 g/mol. The van der Waals surface area contributed by atoms with Gasteiger partial charge in [0, 0.05) is 19.0 Å². The van der Waals surface area contributed by atoms with Crippen LogP contribution >= 0.6 is 0 Å². The van der Waals surface area contributed by atoms with Crippen LogP contribution in [0.4, 0.5) is 0 Å². The van der Waals surface area contributed by atoms with Crippen LogP contribution in [0.2, 0.25) is 0 Å². The molecule has 0 atom stereocenters. The topological polar surface area (TPSA) is 61.8 Å². The maximum Gasteiger partial charge on any atom is 0.385 e. The molecule has 72 valence electrons. The van der Waals surface area contributed by atoms with Gasteiger partial charge in [0.05, 0.1) is 13.7 Å². The summed E-state index contributed by atoms with van der Waals surface area (Å²) in [5.41, 5.74) is 0. The van der Waals surface area contributed by atoms with Crippen LogP contribution in [0.25, 0.3) is 0 Å². The van der Waals surface area contributed by atoms with E-state index in [2.05, 4.69) is 14.2 Å². The Labute approximate surface area is 76.0 Å². The molecule has 0 aromatic carbocycles. The summed E-state index contributed by atoms with van der Waals surface area (Å²) < 4.78 is 13.3. The van der Waals surface area contributed by atoms with E-state index in [0.717, 1.165) is 0 Å². The summed E-state index contributed by atoms with van der Waals surface area (Å²) in [7, 11) is 2.65. The third-order valence-corrected chi connectivity index (χ3v) is 0.973. The molecule has 5 heteroatoms. The summed E-state index contributed by atoms with van der Waals surface area (Å²) in [6, 6.07) is 0. The Balaban J connectivity index is 3.71. The molecule has 0 aromatic rings. The minimum atomic E-state index is -0.776. The van der Waals surface area contributed by atoms with Crippen LogP contribution < -0.4 is 0 Å². The lowest BCUT2D eigenvalue weighted by molar-refractivity contribution is -0.138. The molecule has 0 spiro atoms. The second-order valence-corrected chi connectivity index (χ2v) is 1.87. The molecule has 0 amide bonds. The van der Waals surface area contributed by atoms with Crippen LogP contribution in [0, 0.1) is 11.8 Å². The second-order valence-electron chi connectivity index (χ2n) is 1.87. The molecule has 0 heterocycles. The molecule has 13 heavy (non-hydrogen) atoms. The van der Waals surface area contributed by atoms with Gasteiger partial charge < -0.3 is 14.2 Å². The third-order valence-electron chi connectivity index (χ3n) is 0.973. The van der Waals surface area contributed by atoms with Gasteiger partial charge in [-0.05, 0) is 0 Å². The molecule has 0 bridgehead atoms. The fraction of sp³-hybridized carbons (Fsp3) is 0.500. The second kappa shape index (κ2) is 7.13. The van der Waals surface area contributed by atoms with Crippen LogP contribution in [0.5, 0.6) is 0 Å². The predicted octanol–water partition coefficient (Wildman–Crippen LogP) is -0.648. The van der Waals surface area contributed by atoms with E-state index in [4.69, 9.17) is 0 Å². The summed E-state index contributed by atoms with van der Waals surface area (Å²) >= 11 is 0. The number of ether oxygens (including phenoxy) is 3. The lowest BCUT2D eigenvalue weighted by Crippen LogP contribution is -2.08. The molecule has 0 aliphatic carbocycles. The van der Waals surface area contributed by atoms with E-state index in [9.17, 15) is 9.59 Å². The van der Waals surface area contributed by atoms with Crippen molar-refractivity contribution in [1.82, 2.24) is 0 Å². The molecule has 0 saturated heterocycles. The molecule has 0 aliphatic heterocycles. The number of esters is 2. The van der Waals surface area contributed by atoms with Crippen molar-refractivity contribution in [2.24, 2.45) is 0 Å². The Morgan fingerprint density at radius 1 is 1.08 bits per heavy atom. The van der Waals surface area contributed by atoms with Crippen molar-refractivity contribution in [3.8, 4) is 11.8 Å². The fourth-order valence-corrected chi connectivity index (χ4v) is 0.407. The standard InChI is InChI=1S/C8H10O5/c1-11-5-6-13-8(10)4-3-7(9)12-2/h5-6H2,1-2H3. The third kappa shape index (κ3) is 6.84. The summed E-state index contributed by atoms with van der Waals surface area (Å²) in [6.07, 6.45) is 0. The zero-order chi connectivity index (χ0) is 10.1. The zero-order valence-electron chi connectivity index (χ0n) is 7.46. The van der Waals surface area contributed by atoms with Crippen LogP contribution in [0.15, 0.2) is 0 Å². The predicted molar refractivity (Wildman–Crippen MR) is 42.6 cm³/mol. The number of carbonyl (C=O) groups excluding carboxylic acids is 2. The van der Waals surface area contributed by atoms with Crippen molar-refractivity contribution in [2.45, 2.75) is 0 Å². The van der Waals surface area contributed by atoms with Crippen LogP contribution in [-0.2, 0) is 23.8 Å². The first-order valence-electron chi connectivity index (χ1n) is 3.46. The monoisotopic (exact) mass is 186 g/mol. The van der Waals surface area contributed by atoms with Crippen molar-refractivity contribution in [3.63, 3.8) is 0 Å². The van der Waals surface area contributed by atoms with Gasteiger partial charge in [-0.1, -0.05) is 0 Å². The van der Waals surface area contributed by atoms with Gasteiger partial charge >= 0.3 is 11.9 Å². The summed E-state index contributed by atoms with van der Waals surface area (Å²) in [5.74, 6) is 2.33. The Kier molecular flexibility index (Phi) is 6.28. The van der Waals surface area contributed by atoms with Gasteiger partial charge in [0.25, 0.3) is 0 Å². The van der Waals surface area contributed by atoms with Gasteiger partial charge in [0.15, 0.2) is 0 Å². The van der Waals surface area contributed by atoms with Crippen molar-refractivity contribution < 1.29 is 23.8 Å².